The molecule has 0 aromatic carbocycles. The van der Waals surface area contributed by atoms with E-state index in [1.54, 1.807) is 0 Å². The molecule has 3 rings (SSSR count). The molecule has 21 heavy (non-hydrogen) atoms. The third kappa shape index (κ3) is 2.70. The molecule has 0 saturated carbocycles. The molecule has 1 aliphatic heterocycles. The van der Waals surface area contributed by atoms with Crippen LogP contribution < -0.4 is 10.2 Å². The lowest BCUT2D eigenvalue weighted by Gasteiger charge is -2.31. The maximum absolute atomic E-state index is 4.65. The molecule has 1 N–H and O–H groups in total. The Bertz CT molecular complexity index is 592. The van der Waals surface area contributed by atoms with Gasteiger partial charge in [-0.05, 0) is 43.6 Å². The fourth-order valence-electron chi connectivity index (χ4n) is 3.23. The van der Waals surface area contributed by atoms with Crippen LogP contribution in [0.25, 0.3) is 0 Å². The summed E-state index contributed by atoms with van der Waals surface area (Å²) in [7, 11) is 2.02. The van der Waals surface area contributed by atoms with Gasteiger partial charge in [-0.2, -0.15) is 0 Å². The van der Waals surface area contributed by atoms with E-state index in [4.69, 9.17) is 0 Å². The van der Waals surface area contributed by atoms with Gasteiger partial charge in [0.25, 0.3) is 0 Å². The number of hydrogen-bond acceptors (Lipinski definition) is 4. The van der Waals surface area contributed by atoms with E-state index in [0.29, 0.717) is 6.04 Å². The summed E-state index contributed by atoms with van der Waals surface area (Å²) in [5.41, 5.74) is 2.65. The number of rotatable bonds is 5. The lowest BCUT2D eigenvalue weighted by Crippen LogP contribution is -2.33. The van der Waals surface area contributed by atoms with Gasteiger partial charge in [0.15, 0.2) is 0 Å². The van der Waals surface area contributed by atoms with Gasteiger partial charge >= 0.3 is 0 Å². The SMILES string of the molecule is CNCC[C@@H](c1cccs1)N1CC(C)(C)c2ncccc21. The molecule has 0 radical (unpaired) electrons. The molecule has 0 amide bonds. The molecule has 3 nitrogen and oxygen atoms in total. The number of anilines is 1. The molecular formula is C17H23N3S. The number of nitrogens with one attached hydrogen (secondary N) is 1. The fourth-order valence-corrected chi connectivity index (χ4v) is 4.10. The second kappa shape index (κ2) is 5.78. The summed E-state index contributed by atoms with van der Waals surface area (Å²) in [4.78, 5) is 8.64. The Hall–Kier alpha value is -1.39. The first kappa shape index (κ1) is 14.5. The van der Waals surface area contributed by atoms with Crippen LogP contribution >= 0.6 is 11.3 Å². The van der Waals surface area contributed by atoms with Crippen molar-refractivity contribution in [1.29, 1.82) is 0 Å². The fraction of sp³-hybridized carbons (Fsp3) is 0.471. The molecule has 0 fully saturated rings. The molecule has 112 valence electrons. The second-order valence-electron chi connectivity index (χ2n) is 6.31. The minimum atomic E-state index is 0.117. The van der Waals surface area contributed by atoms with Crippen LogP contribution in [-0.2, 0) is 5.41 Å². The molecule has 0 spiro atoms. The third-order valence-electron chi connectivity index (χ3n) is 4.22. The van der Waals surface area contributed by atoms with Gasteiger partial charge in [-0.3, -0.25) is 4.98 Å². The Morgan fingerprint density at radius 2 is 2.24 bits per heavy atom. The number of thiophene rings is 1. The lowest BCUT2D eigenvalue weighted by atomic mass is 9.91. The van der Waals surface area contributed by atoms with Gasteiger partial charge in [-0.1, -0.05) is 19.9 Å². The average molecular weight is 301 g/mol. The molecule has 2 aromatic rings. The number of nitrogens with zero attached hydrogens (tertiary/aromatic N) is 2. The predicted molar refractivity (Wildman–Crippen MR) is 90.2 cm³/mol. The van der Waals surface area contributed by atoms with E-state index in [9.17, 15) is 0 Å². The number of aromatic nitrogens is 1. The van der Waals surface area contributed by atoms with Crippen molar-refractivity contribution in [2.45, 2.75) is 31.7 Å². The van der Waals surface area contributed by atoms with Crippen LogP contribution in [0.2, 0.25) is 0 Å². The van der Waals surface area contributed by atoms with Crippen LogP contribution in [0.5, 0.6) is 0 Å². The van der Waals surface area contributed by atoms with E-state index >= 15 is 0 Å². The third-order valence-corrected chi connectivity index (χ3v) is 5.19. The Morgan fingerprint density at radius 3 is 2.95 bits per heavy atom. The summed E-state index contributed by atoms with van der Waals surface area (Å²) >= 11 is 1.85. The van der Waals surface area contributed by atoms with Gasteiger partial charge < -0.3 is 10.2 Å². The minimum absolute atomic E-state index is 0.117. The summed E-state index contributed by atoms with van der Waals surface area (Å²) in [5, 5.41) is 5.46. The molecule has 2 aromatic heterocycles. The van der Waals surface area contributed by atoms with Crippen LogP contribution in [-0.4, -0.2) is 25.1 Å². The van der Waals surface area contributed by atoms with Crippen molar-refractivity contribution in [3.63, 3.8) is 0 Å². The summed E-state index contributed by atoms with van der Waals surface area (Å²) in [6.45, 7) is 6.64. The van der Waals surface area contributed by atoms with Crippen LogP contribution in [0.3, 0.4) is 0 Å². The standard InChI is InChI=1S/C17H23N3S/c1-17(2)12-20(14-6-4-9-19-16(14)17)13(8-10-18-3)15-7-5-11-21-15/h4-7,9,11,13,18H,8,10,12H2,1-3H3/t13-/m0/s1. The molecule has 1 atom stereocenters. The molecule has 3 heterocycles. The first-order valence-corrected chi connectivity index (χ1v) is 8.41. The summed E-state index contributed by atoms with van der Waals surface area (Å²) in [6.07, 6.45) is 3.03. The highest BCUT2D eigenvalue weighted by atomic mass is 32.1. The summed E-state index contributed by atoms with van der Waals surface area (Å²) in [6, 6.07) is 9.11. The van der Waals surface area contributed by atoms with Gasteiger partial charge in [-0.25, -0.2) is 0 Å². The smallest absolute Gasteiger partial charge is 0.0710 e. The topological polar surface area (TPSA) is 28.2 Å². The van der Waals surface area contributed by atoms with Crippen molar-refractivity contribution in [2.24, 2.45) is 0 Å². The predicted octanol–water partition coefficient (Wildman–Crippen LogP) is 3.59. The Labute approximate surface area is 131 Å². The van der Waals surface area contributed by atoms with E-state index in [2.05, 4.69) is 58.7 Å². The van der Waals surface area contributed by atoms with Gasteiger partial charge in [0.2, 0.25) is 0 Å². The van der Waals surface area contributed by atoms with Gasteiger partial charge in [0, 0.05) is 23.0 Å². The first-order valence-electron chi connectivity index (χ1n) is 7.53. The van der Waals surface area contributed by atoms with E-state index in [-0.39, 0.29) is 5.41 Å². The zero-order valence-electron chi connectivity index (χ0n) is 13.0. The normalized spacial score (nSPS) is 17.8. The van der Waals surface area contributed by atoms with Crippen LogP contribution in [0.15, 0.2) is 35.8 Å². The van der Waals surface area contributed by atoms with Crippen LogP contribution in [0, 0.1) is 0 Å². The number of fused-ring (bicyclic) bond motifs is 1. The van der Waals surface area contributed by atoms with Gasteiger partial charge in [0.05, 0.1) is 17.4 Å². The Morgan fingerprint density at radius 1 is 1.38 bits per heavy atom. The molecule has 0 saturated heterocycles. The Kier molecular flexibility index (Phi) is 4.00. The largest absolute Gasteiger partial charge is 0.361 e. The molecule has 1 aliphatic rings. The van der Waals surface area contributed by atoms with Crippen molar-refractivity contribution in [3.05, 3.63) is 46.4 Å². The Balaban J connectivity index is 1.97. The first-order chi connectivity index (χ1) is 10.1. The van der Waals surface area contributed by atoms with E-state index < -0.39 is 0 Å². The summed E-state index contributed by atoms with van der Waals surface area (Å²) in [5.74, 6) is 0. The molecule has 0 aliphatic carbocycles. The van der Waals surface area contributed by atoms with Crippen LogP contribution in [0.4, 0.5) is 5.69 Å². The highest BCUT2D eigenvalue weighted by Crippen LogP contribution is 2.44. The molecule has 4 heteroatoms. The number of hydrogen-bond donors (Lipinski definition) is 1. The van der Waals surface area contributed by atoms with Crippen molar-refractivity contribution in [1.82, 2.24) is 10.3 Å². The molecular weight excluding hydrogens is 278 g/mol. The quantitative estimate of drug-likeness (QED) is 0.914. The second-order valence-corrected chi connectivity index (χ2v) is 7.29. The van der Waals surface area contributed by atoms with Gasteiger partial charge in [0.1, 0.15) is 0 Å². The van der Waals surface area contributed by atoms with Crippen molar-refractivity contribution in [2.75, 3.05) is 25.0 Å². The zero-order chi connectivity index (χ0) is 14.9. The van der Waals surface area contributed by atoms with E-state index in [1.807, 2.05) is 24.6 Å². The highest BCUT2D eigenvalue weighted by molar-refractivity contribution is 7.10. The summed E-state index contributed by atoms with van der Waals surface area (Å²) < 4.78 is 0. The minimum Gasteiger partial charge on any atom is -0.361 e. The van der Waals surface area contributed by atoms with E-state index in [1.165, 1.54) is 16.3 Å². The van der Waals surface area contributed by atoms with E-state index in [0.717, 1.165) is 19.5 Å². The maximum Gasteiger partial charge on any atom is 0.0710 e. The lowest BCUT2D eigenvalue weighted by molar-refractivity contribution is 0.494. The van der Waals surface area contributed by atoms with Crippen molar-refractivity contribution < 1.29 is 0 Å². The average Bonchev–Trinajstić information content (AvgIpc) is 3.08. The zero-order valence-corrected chi connectivity index (χ0v) is 13.8. The monoisotopic (exact) mass is 301 g/mol. The highest BCUT2D eigenvalue weighted by Gasteiger charge is 2.39. The van der Waals surface area contributed by atoms with Crippen molar-refractivity contribution >= 4 is 17.0 Å². The molecule has 0 bridgehead atoms. The number of pyridine rings is 1. The van der Waals surface area contributed by atoms with Crippen LogP contribution in [0.1, 0.15) is 36.9 Å². The van der Waals surface area contributed by atoms with Crippen molar-refractivity contribution in [3.8, 4) is 0 Å². The molecule has 0 unspecified atom stereocenters. The van der Waals surface area contributed by atoms with Gasteiger partial charge in [-0.15, -0.1) is 11.3 Å². The maximum atomic E-state index is 4.65.